The zero-order chi connectivity index (χ0) is 15.5. The van der Waals surface area contributed by atoms with Crippen LogP contribution < -0.4 is 12.4 Å². The third kappa shape index (κ3) is 3.60. The molecule has 1 aromatic heterocycles. The summed E-state index contributed by atoms with van der Waals surface area (Å²) in [4.78, 5) is 14.3. The van der Waals surface area contributed by atoms with E-state index in [1.54, 1.807) is 25.1 Å². The average molecular weight is 341 g/mol. The van der Waals surface area contributed by atoms with Gasteiger partial charge in [0.15, 0.2) is 0 Å². The molecule has 0 atom stereocenters. The van der Waals surface area contributed by atoms with E-state index in [0.29, 0.717) is 36.3 Å². The van der Waals surface area contributed by atoms with Crippen molar-refractivity contribution < 1.29 is 36.2 Å². The van der Waals surface area contributed by atoms with Crippen LogP contribution in [0.3, 0.4) is 0 Å². The Morgan fingerprint density at radius 3 is 2.78 bits per heavy atom. The number of phenolic OH excluding ortho intramolecular Hbond substituents is 1. The largest absolute Gasteiger partial charge is 1.00 e. The molecule has 7 heteroatoms. The van der Waals surface area contributed by atoms with Crippen LogP contribution in [0.1, 0.15) is 23.0 Å². The molecular formula is C16H19ClNO5-. The van der Waals surface area contributed by atoms with E-state index in [9.17, 15) is 9.90 Å². The molecule has 0 saturated carbocycles. The van der Waals surface area contributed by atoms with Crippen LogP contribution in [0.4, 0.5) is 0 Å². The lowest BCUT2D eigenvalue weighted by molar-refractivity contribution is -0.0000266. The van der Waals surface area contributed by atoms with Crippen molar-refractivity contribution in [1.29, 1.82) is 0 Å². The van der Waals surface area contributed by atoms with Gasteiger partial charge in [-0.3, -0.25) is 4.90 Å². The topological polar surface area (TPSA) is 72.1 Å². The van der Waals surface area contributed by atoms with Gasteiger partial charge in [-0.15, -0.1) is 0 Å². The van der Waals surface area contributed by atoms with Crippen molar-refractivity contribution in [2.24, 2.45) is 0 Å². The first-order chi connectivity index (χ1) is 10.7. The van der Waals surface area contributed by atoms with Gasteiger partial charge < -0.3 is 31.4 Å². The van der Waals surface area contributed by atoms with Crippen molar-refractivity contribution in [2.75, 3.05) is 32.9 Å². The molecule has 0 unspecified atom stereocenters. The smallest absolute Gasteiger partial charge is 0.374 e. The van der Waals surface area contributed by atoms with E-state index in [4.69, 9.17) is 13.9 Å². The van der Waals surface area contributed by atoms with E-state index >= 15 is 0 Å². The van der Waals surface area contributed by atoms with Crippen LogP contribution >= 0.6 is 0 Å². The van der Waals surface area contributed by atoms with Crippen molar-refractivity contribution >= 4 is 16.9 Å². The molecule has 1 fully saturated rings. The normalized spacial score (nSPS) is 15.3. The van der Waals surface area contributed by atoms with Gasteiger partial charge in [-0.1, -0.05) is 6.07 Å². The fraction of sp³-hybridized carbons (Fsp3) is 0.438. The summed E-state index contributed by atoms with van der Waals surface area (Å²) in [5, 5.41) is 10.7. The van der Waals surface area contributed by atoms with Crippen molar-refractivity contribution in [3.05, 3.63) is 29.5 Å². The molecule has 0 amide bonds. The average Bonchev–Trinajstić information content (AvgIpc) is 2.89. The van der Waals surface area contributed by atoms with Crippen molar-refractivity contribution in [3.8, 4) is 5.75 Å². The minimum Gasteiger partial charge on any atom is -1.00 e. The number of furan rings is 1. The van der Waals surface area contributed by atoms with E-state index in [-0.39, 0.29) is 30.5 Å². The predicted molar refractivity (Wildman–Crippen MR) is 79.9 cm³/mol. The lowest BCUT2D eigenvalue weighted by Gasteiger charge is -2.26. The molecule has 126 valence electrons. The van der Waals surface area contributed by atoms with E-state index in [1.807, 2.05) is 0 Å². The summed E-state index contributed by atoms with van der Waals surface area (Å²) in [6.45, 7) is 5.43. The SMILES string of the molecule is CCOC(=O)c1oc2cccc(O)c2c1CN1CCOCC1.[Cl-]. The molecule has 1 aromatic carbocycles. The molecule has 23 heavy (non-hydrogen) atoms. The Morgan fingerprint density at radius 2 is 2.09 bits per heavy atom. The third-order valence-electron chi connectivity index (χ3n) is 3.74. The number of rotatable bonds is 4. The summed E-state index contributed by atoms with van der Waals surface area (Å²) in [6, 6.07) is 5.02. The molecule has 6 nitrogen and oxygen atoms in total. The van der Waals surface area contributed by atoms with Gasteiger partial charge in [0.05, 0.1) is 25.2 Å². The Morgan fingerprint density at radius 1 is 1.35 bits per heavy atom. The number of nitrogens with zero attached hydrogens (tertiary/aromatic N) is 1. The monoisotopic (exact) mass is 340 g/mol. The van der Waals surface area contributed by atoms with Gasteiger partial charge in [-0.2, -0.15) is 0 Å². The highest BCUT2D eigenvalue weighted by molar-refractivity contribution is 5.98. The molecule has 0 spiro atoms. The lowest BCUT2D eigenvalue weighted by Crippen LogP contribution is -3.00. The Bertz CT molecular complexity index is 678. The van der Waals surface area contributed by atoms with Gasteiger partial charge in [0, 0.05) is 25.2 Å². The van der Waals surface area contributed by atoms with Gasteiger partial charge in [0.1, 0.15) is 11.3 Å². The summed E-state index contributed by atoms with van der Waals surface area (Å²) < 4.78 is 16.1. The second-order valence-corrected chi connectivity index (χ2v) is 5.17. The Balaban J connectivity index is 0.00000192. The molecule has 1 aliphatic rings. The number of fused-ring (bicyclic) bond motifs is 1. The number of carbonyl (C=O) groups is 1. The van der Waals surface area contributed by atoms with Gasteiger partial charge >= 0.3 is 5.97 Å². The van der Waals surface area contributed by atoms with E-state index in [0.717, 1.165) is 13.1 Å². The summed E-state index contributed by atoms with van der Waals surface area (Å²) in [7, 11) is 0. The number of hydrogen-bond acceptors (Lipinski definition) is 6. The second-order valence-electron chi connectivity index (χ2n) is 5.17. The van der Waals surface area contributed by atoms with Crippen LogP contribution in [0.2, 0.25) is 0 Å². The first-order valence-corrected chi connectivity index (χ1v) is 7.41. The highest BCUT2D eigenvalue weighted by Gasteiger charge is 2.25. The van der Waals surface area contributed by atoms with Gasteiger partial charge in [0.25, 0.3) is 0 Å². The van der Waals surface area contributed by atoms with E-state index < -0.39 is 5.97 Å². The van der Waals surface area contributed by atoms with Crippen LogP contribution in [-0.4, -0.2) is 48.9 Å². The lowest BCUT2D eigenvalue weighted by atomic mass is 10.1. The minimum atomic E-state index is -0.499. The number of ether oxygens (including phenoxy) is 2. The number of halogens is 1. The van der Waals surface area contributed by atoms with Crippen molar-refractivity contribution in [2.45, 2.75) is 13.5 Å². The number of aromatic hydroxyl groups is 1. The highest BCUT2D eigenvalue weighted by Crippen LogP contribution is 2.34. The maximum absolute atomic E-state index is 12.1. The fourth-order valence-corrected chi connectivity index (χ4v) is 2.69. The molecule has 1 saturated heterocycles. The molecule has 0 aliphatic carbocycles. The van der Waals surface area contributed by atoms with E-state index in [2.05, 4.69) is 4.90 Å². The molecule has 0 radical (unpaired) electrons. The molecule has 2 heterocycles. The Kier molecular flexibility index (Phi) is 5.87. The summed E-state index contributed by atoms with van der Waals surface area (Å²) in [5.74, 6) is -0.216. The maximum Gasteiger partial charge on any atom is 0.374 e. The third-order valence-corrected chi connectivity index (χ3v) is 3.74. The van der Waals surface area contributed by atoms with Crippen LogP contribution in [0.5, 0.6) is 5.75 Å². The standard InChI is InChI=1S/C16H19NO5.ClH/c1-2-21-16(19)15-11(10-17-6-8-20-9-7-17)14-12(18)4-3-5-13(14)22-15;/h3-5,18H,2,6-10H2,1H3;1H/p-1. The summed E-state index contributed by atoms with van der Waals surface area (Å²) in [6.07, 6.45) is 0. The number of esters is 1. The van der Waals surface area contributed by atoms with E-state index in [1.165, 1.54) is 0 Å². The van der Waals surface area contributed by atoms with Crippen molar-refractivity contribution in [1.82, 2.24) is 4.90 Å². The fourth-order valence-electron chi connectivity index (χ4n) is 2.69. The zero-order valence-electron chi connectivity index (χ0n) is 12.9. The zero-order valence-corrected chi connectivity index (χ0v) is 13.6. The van der Waals surface area contributed by atoms with Crippen LogP contribution in [0, 0.1) is 0 Å². The number of phenols is 1. The molecular weight excluding hydrogens is 322 g/mol. The number of carbonyl (C=O) groups excluding carboxylic acids is 1. The summed E-state index contributed by atoms with van der Waals surface area (Å²) >= 11 is 0. The minimum absolute atomic E-state index is 0. The second kappa shape index (κ2) is 7.68. The first-order valence-electron chi connectivity index (χ1n) is 7.41. The molecule has 1 aliphatic heterocycles. The van der Waals surface area contributed by atoms with Crippen LogP contribution in [0.25, 0.3) is 11.0 Å². The molecule has 2 aromatic rings. The van der Waals surface area contributed by atoms with Gasteiger partial charge in [-0.25, -0.2) is 4.79 Å². The van der Waals surface area contributed by atoms with Crippen LogP contribution in [0.15, 0.2) is 22.6 Å². The predicted octanol–water partition coefficient (Wildman–Crippen LogP) is -0.849. The van der Waals surface area contributed by atoms with Gasteiger partial charge in [-0.05, 0) is 19.1 Å². The number of morpholine rings is 1. The Hall–Kier alpha value is -1.76. The van der Waals surface area contributed by atoms with Crippen molar-refractivity contribution in [3.63, 3.8) is 0 Å². The van der Waals surface area contributed by atoms with Crippen LogP contribution in [-0.2, 0) is 16.0 Å². The number of hydrogen-bond donors (Lipinski definition) is 1. The first kappa shape index (κ1) is 17.6. The van der Waals surface area contributed by atoms with Gasteiger partial charge in [0.2, 0.25) is 5.76 Å². The summed E-state index contributed by atoms with van der Waals surface area (Å²) in [5.41, 5.74) is 1.17. The molecule has 1 N–H and O–H groups in total. The Labute approximate surface area is 140 Å². The number of benzene rings is 1. The quantitative estimate of drug-likeness (QED) is 0.731. The molecule has 0 bridgehead atoms. The molecule has 3 rings (SSSR count). The maximum atomic E-state index is 12.1. The highest BCUT2D eigenvalue weighted by atomic mass is 35.5.